The van der Waals surface area contributed by atoms with E-state index in [4.69, 9.17) is 5.73 Å². The van der Waals surface area contributed by atoms with E-state index in [1.807, 2.05) is 20.8 Å². The number of nitrogens with zero attached hydrogens (tertiary/aromatic N) is 1. The Bertz CT molecular complexity index is 455. The van der Waals surface area contributed by atoms with Gasteiger partial charge in [-0.05, 0) is 6.92 Å². The first-order chi connectivity index (χ1) is 6.73. The van der Waals surface area contributed by atoms with E-state index >= 15 is 0 Å². The van der Waals surface area contributed by atoms with Gasteiger partial charge in [-0.3, -0.25) is 9.59 Å². The SMILES string of the molecule is Cc1nc(C(C)(C)C)[nH]c(=O)c1C(N)=O. The molecule has 1 amide bonds. The fraction of sp³-hybridized carbons (Fsp3) is 0.500. The average Bonchev–Trinajstić information content (AvgIpc) is 1.99. The Labute approximate surface area is 87.7 Å². The maximum Gasteiger partial charge on any atom is 0.264 e. The van der Waals surface area contributed by atoms with Crippen molar-refractivity contribution >= 4 is 5.91 Å². The lowest BCUT2D eigenvalue weighted by atomic mass is 9.95. The molecule has 1 aromatic rings. The van der Waals surface area contributed by atoms with Crippen molar-refractivity contribution in [3.05, 3.63) is 27.4 Å². The van der Waals surface area contributed by atoms with Gasteiger partial charge in [-0.1, -0.05) is 20.8 Å². The van der Waals surface area contributed by atoms with E-state index in [9.17, 15) is 9.59 Å². The summed E-state index contributed by atoms with van der Waals surface area (Å²) in [6.07, 6.45) is 0. The van der Waals surface area contributed by atoms with Crippen LogP contribution in [0.2, 0.25) is 0 Å². The van der Waals surface area contributed by atoms with Crippen molar-refractivity contribution in [1.29, 1.82) is 0 Å². The Hall–Kier alpha value is -1.65. The van der Waals surface area contributed by atoms with Crippen LogP contribution in [0.15, 0.2) is 4.79 Å². The van der Waals surface area contributed by atoms with Crippen LogP contribution in [-0.2, 0) is 5.41 Å². The fourth-order valence-electron chi connectivity index (χ4n) is 1.23. The van der Waals surface area contributed by atoms with Crippen molar-refractivity contribution in [3.8, 4) is 0 Å². The van der Waals surface area contributed by atoms with Gasteiger partial charge in [-0.25, -0.2) is 4.98 Å². The predicted octanol–water partition coefficient (Wildman–Crippen LogP) is 0.475. The van der Waals surface area contributed by atoms with Crippen LogP contribution in [0.1, 0.15) is 42.6 Å². The molecule has 0 aliphatic rings. The number of hydrogen-bond donors (Lipinski definition) is 2. The predicted molar refractivity (Wildman–Crippen MR) is 56.8 cm³/mol. The largest absolute Gasteiger partial charge is 0.365 e. The summed E-state index contributed by atoms with van der Waals surface area (Å²) in [5.41, 5.74) is 4.64. The molecule has 0 saturated heterocycles. The third-order valence-corrected chi connectivity index (χ3v) is 2.06. The van der Waals surface area contributed by atoms with Gasteiger partial charge in [0.25, 0.3) is 11.5 Å². The molecule has 0 fully saturated rings. The first-order valence-electron chi connectivity index (χ1n) is 4.64. The lowest BCUT2D eigenvalue weighted by Gasteiger charge is -2.17. The molecule has 1 aromatic heterocycles. The third kappa shape index (κ3) is 2.23. The zero-order valence-corrected chi connectivity index (χ0v) is 9.34. The van der Waals surface area contributed by atoms with Crippen molar-refractivity contribution in [2.45, 2.75) is 33.1 Å². The molecule has 0 spiro atoms. The topological polar surface area (TPSA) is 88.8 Å². The zero-order chi connectivity index (χ0) is 11.8. The van der Waals surface area contributed by atoms with E-state index < -0.39 is 11.5 Å². The quantitative estimate of drug-likeness (QED) is 0.704. The maximum absolute atomic E-state index is 11.6. The van der Waals surface area contributed by atoms with Gasteiger partial charge >= 0.3 is 0 Å². The summed E-state index contributed by atoms with van der Waals surface area (Å²) in [7, 11) is 0. The minimum atomic E-state index is -0.748. The molecule has 0 unspecified atom stereocenters. The van der Waals surface area contributed by atoms with E-state index in [0.717, 1.165) is 0 Å². The van der Waals surface area contributed by atoms with Crippen LogP contribution in [-0.4, -0.2) is 15.9 Å². The van der Waals surface area contributed by atoms with E-state index in [1.165, 1.54) is 0 Å². The minimum Gasteiger partial charge on any atom is -0.365 e. The Morgan fingerprint density at radius 2 is 1.93 bits per heavy atom. The van der Waals surface area contributed by atoms with Gasteiger partial charge in [0.2, 0.25) is 0 Å². The summed E-state index contributed by atoms with van der Waals surface area (Å²) in [5.74, 6) is -0.197. The van der Waals surface area contributed by atoms with Crippen LogP contribution in [0, 0.1) is 6.92 Å². The van der Waals surface area contributed by atoms with Crippen molar-refractivity contribution in [1.82, 2.24) is 9.97 Å². The molecule has 0 aliphatic heterocycles. The number of nitrogens with one attached hydrogen (secondary N) is 1. The van der Waals surface area contributed by atoms with E-state index in [2.05, 4.69) is 9.97 Å². The number of carbonyl (C=O) groups excluding carboxylic acids is 1. The molecule has 0 radical (unpaired) electrons. The molecule has 1 rings (SSSR count). The standard InChI is InChI=1S/C10H15N3O2/c1-5-6(7(11)14)8(15)13-9(12-5)10(2,3)4/h1-4H3,(H2,11,14)(H,12,13,15). The zero-order valence-electron chi connectivity index (χ0n) is 9.34. The second-order valence-electron chi connectivity index (χ2n) is 4.49. The van der Waals surface area contributed by atoms with Crippen LogP contribution < -0.4 is 11.3 Å². The number of carbonyl (C=O) groups is 1. The van der Waals surface area contributed by atoms with E-state index in [0.29, 0.717) is 11.5 Å². The van der Waals surface area contributed by atoms with Gasteiger partial charge in [0.15, 0.2) is 0 Å². The van der Waals surface area contributed by atoms with Gasteiger partial charge in [0.1, 0.15) is 11.4 Å². The molecule has 15 heavy (non-hydrogen) atoms. The highest BCUT2D eigenvalue weighted by molar-refractivity contribution is 5.93. The van der Waals surface area contributed by atoms with E-state index in [-0.39, 0.29) is 11.0 Å². The molecule has 0 bridgehead atoms. The Morgan fingerprint density at radius 1 is 1.40 bits per heavy atom. The smallest absolute Gasteiger partial charge is 0.264 e. The maximum atomic E-state index is 11.6. The minimum absolute atomic E-state index is 0.0667. The van der Waals surface area contributed by atoms with Crippen molar-refractivity contribution < 1.29 is 4.79 Å². The second-order valence-corrected chi connectivity index (χ2v) is 4.49. The number of aromatic nitrogens is 2. The summed E-state index contributed by atoms with van der Waals surface area (Å²) in [6.45, 7) is 7.38. The van der Waals surface area contributed by atoms with E-state index in [1.54, 1.807) is 6.92 Å². The number of primary amides is 1. The summed E-state index contributed by atoms with van der Waals surface area (Å²) >= 11 is 0. The number of rotatable bonds is 1. The summed E-state index contributed by atoms with van der Waals surface area (Å²) in [5, 5.41) is 0. The molecule has 0 aliphatic carbocycles. The average molecular weight is 209 g/mol. The summed E-state index contributed by atoms with van der Waals surface area (Å²) in [6, 6.07) is 0. The second kappa shape index (κ2) is 3.49. The first kappa shape index (κ1) is 11.4. The van der Waals surface area contributed by atoms with Crippen LogP contribution in [0.25, 0.3) is 0 Å². The number of aryl methyl sites for hydroxylation is 1. The lowest BCUT2D eigenvalue weighted by Crippen LogP contribution is -2.30. The lowest BCUT2D eigenvalue weighted by molar-refractivity contribution is 0.0997. The normalized spacial score (nSPS) is 11.5. The highest BCUT2D eigenvalue weighted by Gasteiger charge is 2.20. The number of H-pyrrole nitrogens is 1. The Balaban J connectivity index is 3.46. The van der Waals surface area contributed by atoms with Gasteiger partial charge in [0, 0.05) is 5.41 Å². The highest BCUT2D eigenvalue weighted by atomic mass is 16.2. The van der Waals surface area contributed by atoms with Crippen LogP contribution in [0.5, 0.6) is 0 Å². The molecule has 1 heterocycles. The summed E-state index contributed by atoms with van der Waals surface area (Å²) in [4.78, 5) is 29.3. The number of aromatic amines is 1. The van der Waals surface area contributed by atoms with Gasteiger partial charge in [-0.15, -0.1) is 0 Å². The number of amides is 1. The molecular weight excluding hydrogens is 194 g/mol. The number of hydrogen-bond acceptors (Lipinski definition) is 3. The highest BCUT2D eigenvalue weighted by Crippen LogP contribution is 2.17. The fourth-order valence-corrected chi connectivity index (χ4v) is 1.23. The van der Waals surface area contributed by atoms with Gasteiger partial charge < -0.3 is 10.7 Å². The van der Waals surface area contributed by atoms with Gasteiger partial charge in [0.05, 0.1) is 5.69 Å². The monoisotopic (exact) mass is 209 g/mol. The van der Waals surface area contributed by atoms with Crippen LogP contribution in [0.4, 0.5) is 0 Å². The van der Waals surface area contributed by atoms with Crippen molar-refractivity contribution in [2.24, 2.45) is 5.73 Å². The van der Waals surface area contributed by atoms with Gasteiger partial charge in [-0.2, -0.15) is 0 Å². The van der Waals surface area contributed by atoms with Crippen LogP contribution >= 0.6 is 0 Å². The molecule has 5 heteroatoms. The molecular formula is C10H15N3O2. The molecule has 0 saturated carbocycles. The third-order valence-electron chi connectivity index (χ3n) is 2.06. The number of nitrogens with two attached hydrogens (primary N) is 1. The summed E-state index contributed by atoms with van der Waals surface area (Å²) < 4.78 is 0. The van der Waals surface area contributed by atoms with Crippen molar-refractivity contribution in [2.75, 3.05) is 0 Å². The van der Waals surface area contributed by atoms with Crippen molar-refractivity contribution in [3.63, 3.8) is 0 Å². The van der Waals surface area contributed by atoms with Crippen LogP contribution in [0.3, 0.4) is 0 Å². The Morgan fingerprint density at radius 3 is 2.27 bits per heavy atom. The molecule has 0 atom stereocenters. The first-order valence-corrected chi connectivity index (χ1v) is 4.64. The molecule has 82 valence electrons. The Kier molecular flexibility index (Phi) is 2.66. The molecule has 3 N–H and O–H groups in total. The molecule has 5 nitrogen and oxygen atoms in total. The molecule has 0 aromatic carbocycles.